The summed E-state index contributed by atoms with van der Waals surface area (Å²) in [5.41, 5.74) is 0.971. The third-order valence-corrected chi connectivity index (χ3v) is 3.42. The molecule has 0 amide bonds. The number of nitrogens with zero attached hydrogens (tertiary/aromatic N) is 3. The van der Waals surface area contributed by atoms with E-state index in [2.05, 4.69) is 15.3 Å². The number of aryl methyl sites for hydroxylation is 1. The SMILES string of the molecule is CCNc1nc(C)nc(N(C)c2ccc(OC)cc2)c1Cl. The highest BCUT2D eigenvalue weighted by molar-refractivity contribution is 6.35. The molecule has 0 bridgehead atoms. The minimum atomic E-state index is 0.515. The lowest BCUT2D eigenvalue weighted by atomic mass is 10.2. The molecule has 0 saturated heterocycles. The van der Waals surface area contributed by atoms with Crippen molar-refractivity contribution in [3.05, 3.63) is 35.1 Å². The number of hydrogen-bond donors (Lipinski definition) is 1. The van der Waals surface area contributed by atoms with Crippen molar-refractivity contribution < 1.29 is 4.74 Å². The first-order chi connectivity index (χ1) is 10.1. The average Bonchev–Trinajstić information content (AvgIpc) is 2.50. The van der Waals surface area contributed by atoms with Crippen molar-refractivity contribution in [2.45, 2.75) is 13.8 Å². The molecule has 0 unspecified atom stereocenters. The van der Waals surface area contributed by atoms with Crippen LogP contribution < -0.4 is 15.0 Å². The van der Waals surface area contributed by atoms with Crippen molar-refractivity contribution in [1.82, 2.24) is 9.97 Å². The maximum Gasteiger partial charge on any atom is 0.157 e. The van der Waals surface area contributed by atoms with Gasteiger partial charge in [-0.1, -0.05) is 11.6 Å². The molecule has 112 valence electrons. The van der Waals surface area contributed by atoms with E-state index in [0.29, 0.717) is 22.5 Å². The Morgan fingerprint density at radius 2 is 1.90 bits per heavy atom. The summed E-state index contributed by atoms with van der Waals surface area (Å²) in [5.74, 6) is 2.81. The molecule has 0 atom stereocenters. The van der Waals surface area contributed by atoms with Gasteiger partial charge in [0, 0.05) is 19.3 Å². The molecule has 21 heavy (non-hydrogen) atoms. The third kappa shape index (κ3) is 3.36. The number of ether oxygens (including phenoxy) is 1. The first-order valence-corrected chi connectivity index (χ1v) is 7.10. The van der Waals surface area contributed by atoms with Crippen molar-refractivity contribution in [1.29, 1.82) is 0 Å². The Morgan fingerprint density at radius 1 is 1.24 bits per heavy atom. The molecule has 1 N–H and O–H groups in total. The fourth-order valence-corrected chi connectivity index (χ4v) is 2.26. The van der Waals surface area contributed by atoms with Gasteiger partial charge in [-0.3, -0.25) is 0 Å². The smallest absolute Gasteiger partial charge is 0.157 e. The Labute approximate surface area is 129 Å². The maximum absolute atomic E-state index is 6.41. The van der Waals surface area contributed by atoms with Crippen LogP contribution in [0.15, 0.2) is 24.3 Å². The predicted molar refractivity (Wildman–Crippen MR) is 87.0 cm³/mol. The first kappa shape index (κ1) is 15.4. The van der Waals surface area contributed by atoms with Crippen LogP contribution in [-0.2, 0) is 0 Å². The van der Waals surface area contributed by atoms with Crippen LogP contribution in [0.5, 0.6) is 5.75 Å². The van der Waals surface area contributed by atoms with Gasteiger partial charge in [-0.05, 0) is 38.1 Å². The van der Waals surface area contributed by atoms with Crippen molar-refractivity contribution in [2.24, 2.45) is 0 Å². The molecular formula is C15H19ClN4O. The van der Waals surface area contributed by atoms with E-state index in [0.717, 1.165) is 18.0 Å². The van der Waals surface area contributed by atoms with Crippen molar-refractivity contribution >= 4 is 28.9 Å². The van der Waals surface area contributed by atoms with Gasteiger partial charge in [-0.15, -0.1) is 0 Å². The van der Waals surface area contributed by atoms with Crippen LogP contribution in [0.3, 0.4) is 0 Å². The highest BCUT2D eigenvalue weighted by Gasteiger charge is 2.15. The zero-order valence-corrected chi connectivity index (χ0v) is 13.4. The number of aromatic nitrogens is 2. The monoisotopic (exact) mass is 306 g/mol. The van der Waals surface area contributed by atoms with Crippen LogP contribution in [0.25, 0.3) is 0 Å². The van der Waals surface area contributed by atoms with Crippen LogP contribution >= 0.6 is 11.6 Å². The van der Waals surface area contributed by atoms with Gasteiger partial charge in [-0.2, -0.15) is 0 Å². The lowest BCUT2D eigenvalue weighted by Crippen LogP contribution is -2.14. The Balaban J connectivity index is 2.39. The van der Waals surface area contributed by atoms with E-state index in [9.17, 15) is 0 Å². The van der Waals surface area contributed by atoms with Gasteiger partial charge in [-0.25, -0.2) is 9.97 Å². The molecule has 1 aromatic heterocycles. The standard InChI is InChI=1S/C15H19ClN4O/c1-5-17-14-13(16)15(19-10(2)18-14)20(3)11-6-8-12(21-4)9-7-11/h6-9H,5H2,1-4H3,(H,17,18,19). The highest BCUT2D eigenvalue weighted by Crippen LogP contribution is 2.33. The molecule has 0 spiro atoms. The average molecular weight is 307 g/mol. The summed E-state index contributed by atoms with van der Waals surface area (Å²) in [5, 5.41) is 3.67. The van der Waals surface area contributed by atoms with E-state index in [1.54, 1.807) is 7.11 Å². The largest absolute Gasteiger partial charge is 0.497 e. The Kier molecular flexibility index (Phi) is 4.85. The molecule has 2 rings (SSSR count). The molecule has 6 heteroatoms. The van der Waals surface area contributed by atoms with E-state index in [1.165, 1.54) is 0 Å². The number of hydrogen-bond acceptors (Lipinski definition) is 5. The fraction of sp³-hybridized carbons (Fsp3) is 0.333. The second-order valence-corrected chi connectivity index (χ2v) is 4.92. The van der Waals surface area contributed by atoms with Gasteiger partial charge in [0.1, 0.15) is 16.6 Å². The lowest BCUT2D eigenvalue weighted by molar-refractivity contribution is 0.415. The number of halogens is 1. The lowest BCUT2D eigenvalue weighted by Gasteiger charge is -2.21. The normalized spacial score (nSPS) is 10.3. The molecule has 2 aromatic rings. The van der Waals surface area contributed by atoms with Gasteiger partial charge < -0.3 is 15.0 Å². The van der Waals surface area contributed by atoms with E-state index in [4.69, 9.17) is 16.3 Å². The quantitative estimate of drug-likeness (QED) is 0.914. The first-order valence-electron chi connectivity index (χ1n) is 6.72. The second kappa shape index (κ2) is 6.63. The Morgan fingerprint density at radius 3 is 2.48 bits per heavy atom. The number of rotatable bonds is 5. The Bertz CT molecular complexity index is 616. The summed E-state index contributed by atoms with van der Waals surface area (Å²) in [6, 6.07) is 7.72. The summed E-state index contributed by atoms with van der Waals surface area (Å²) in [7, 11) is 3.57. The molecule has 0 fully saturated rings. The van der Waals surface area contributed by atoms with Gasteiger partial charge in [0.25, 0.3) is 0 Å². The molecule has 1 aromatic carbocycles. The molecule has 0 aliphatic heterocycles. The molecule has 0 saturated carbocycles. The van der Waals surface area contributed by atoms with Crippen molar-refractivity contribution in [3.63, 3.8) is 0 Å². The van der Waals surface area contributed by atoms with Crippen LogP contribution in [0.2, 0.25) is 5.02 Å². The van der Waals surface area contributed by atoms with E-state index in [-0.39, 0.29) is 0 Å². The van der Waals surface area contributed by atoms with Crippen LogP contribution in [0.4, 0.5) is 17.3 Å². The summed E-state index contributed by atoms with van der Waals surface area (Å²) in [4.78, 5) is 10.7. The summed E-state index contributed by atoms with van der Waals surface area (Å²) in [6.07, 6.45) is 0. The molecule has 0 radical (unpaired) electrons. The topological polar surface area (TPSA) is 50.3 Å². The molecule has 0 aliphatic rings. The zero-order valence-electron chi connectivity index (χ0n) is 12.6. The van der Waals surface area contributed by atoms with Crippen LogP contribution in [0.1, 0.15) is 12.7 Å². The molecule has 1 heterocycles. The van der Waals surface area contributed by atoms with Crippen molar-refractivity contribution in [3.8, 4) is 5.75 Å². The van der Waals surface area contributed by atoms with E-state index >= 15 is 0 Å². The van der Waals surface area contributed by atoms with Crippen LogP contribution in [0, 0.1) is 6.92 Å². The van der Waals surface area contributed by atoms with Gasteiger partial charge in [0.15, 0.2) is 11.6 Å². The number of methoxy groups -OCH3 is 1. The number of nitrogens with one attached hydrogen (secondary N) is 1. The van der Waals surface area contributed by atoms with Gasteiger partial charge in [0.2, 0.25) is 0 Å². The minimum Gasteiger partial charge on any atom is -0.497 e. The minimum absolute atomic E-state index is 0.515. The summed E-state index contributed by atoms with van der Waals surface area (Å²) < 4.78 is 5.17. The maximum atomic E-state index is 6.41. The number of benzene rings is 1. The van der Waals surface area contributed by atoms with Crippen LogP contribution in [-0.4, -0.2) is 30.7 Å². The third-order valence-electron chi connectivity index (χ3n) is 3.07. The van der Waals surface area contributed by atoms with E-state index in [1.807, 2.05) is 50.1 Å². The van der Waals surface area contributed by atoms with Gasteiger partial charge in [0.05, 0.1) is 7.11 Å². The fourth-order valence-electron chi connectivity index (χ4n) is 1.98. The van der Waals surface area contributed by atoms with Crippen molar-refractivity contribution in [2.75, 3.05) is 30.9 Å². The molecule has 0 aliphatic carbocycles. The Hall–Kier alpha value is -2.01. The zero-order chi connectivity index (χ0) is 15.4. The molecular weight excluding hydrogens is 288 g/mol. The van der Waals surface area contributed by atoms with E-state index < -0.39 is 0 Å². The van der Waals surface area contributed by atoms with Gasteiger partial charge >= 0.3 is 0 Å². The summed E-state index contributed by atoms with van der Waals surface area (Å²) >= 11 is 6.41. The number of anilines is 3. The highest BCUT2D eigenvalue weighted by atomic mass is 35.5. The predicted octanol–water partition coefficient (Wildman–Crippen LogP) is 3.65. The second-order valence-electron chi connectivity index (χ2n) is 4.54. The summed E-state index contributed by atoms with van der Waals surface area (Å²) in [6.45, 7) is 4.60. The molecule has 5 nitrogen and oxygen atoms in total.